The number of hydrogen-bond acceptors (Lipinski definition) is 3. The maximum absolute atomic E-state index is 9.74. The minimum Gasteiger partial charge on any atom is -0.392 e. The third kappa shape index (κ3) is 3.56. The van der Waals surface area contributed by atoms with Gasteiger partial charge in [0.25, 0.3) is 0 Å². The molecular formula is C11H24N2O. The van der Waals surface area contributed by atoms with E-state index in [9.17, 15) is 5.11 Å². The summed E-state index contributed by atoms with van der Waals surface area (Å²) in [4.78, 5) is 2.20. The standard InChI is InChI=1S/C11H24N2O/c1-9(13(2)3)8-12-10-6-4-5-7-11(10)14/h9-12,14H,4-8H2,1-3H3. The third-order valence-corrected chi connectivity index (χ3v) is 3.29. The molecule has 0 saturated heterocycles. The van der Waals surface area contributed by atoms with Crippen LogP contribution in [0, 0.1) is 0 Å². The Bertz CT molecular complexity index is 161. The fraction of sp³-hybridized carbons (Fsp3) is 1.00. The average Bonchev–Trinajstić information content (AvgIpc) is 2.16. The molecule has 3 heteroatoms. The number of nitrogens with one attached hydrogen (secondary N) is 1. The zero-order valence-electron chi connectivity index (χ0n) is 9.66. The van der Waals surface area contributed by atoms with E-state index in [1.807, 2.05) is 0 Å². The zero-order valence-corrected chi connectivity index (χ0v) is 9.66. The van der Waals surface area contributed by atoms with E-state index in [-0.39, 0.29) is 6.10 Å². The number of rotatable bonds is 4. The summed E-state index contributed by atoms with van der Waals surface area (Å²) in [6.07, 6.45) is 4.40. The van der Waals surface area contributed by atoms with Gasteiger partial charge in [-0.3, -0.25) is 0 Å². The molecule has 1 fully saturated rings. The second-order valence-corrected chi connectivity index (χ2v) is 4.68. The molecule has 0 bridgehead atoms. The third-order valence-electron chi connectivity index (χ3n) is 3.29. The predicted octanol–water partition coefficient (Wildman–Crippen LogP) is 0.830. The Morgan fingerprint density at radius 3 is 2.57 bits per heavy atom. The van der Waals surface area contributed by atoms with E-state index in [1.165, 1.54) is 12.8 Å². The van der Waals surface area contributed by atoms with Crippen LogP contribution in [0.5, 0.6) is 0 Å². The Balaban J connectivity index is 2.22. The molecular weight excluding hydrogens is 176 g/mol. The van der Waals surface area contributed by atoms with E-state index < -0.39 is 0 Å². The Morgan fingerprint density at radius 1 is 1.36 bits per heavy atom. The fourth-order valence-electron chi connectivity index (χ4n) is 1.85. The fourth-order valence-corrected chi connectivity index (χ4v) is 1.85. The lowest BCUT2D eigenvalue weighted by Gasteiger charge is -2.30. The summed E-state index contributed by atoms with van der Waals surface area (Å²) in [6.45, 7) is 3.16. The average molecular weight is 200 g/mol. The molecule has 0 aromatic carbocycles. The Labute approximate surface area is 87.5 Å². The van der Waals surface area contributed by atoms with Crippen LogP contribution in [0.2, 0.25) is 0 Å². The second-order valence-electron chi connectivity index (χ2n) is 4.68. The van der Waals surface area contributed by atoms with E-state index in [0.29, 0.717) is 12.1 Å². The van der Waals surface area contributed by atoms with Gasteiger partial charge in [0.05, 0.1) is 6.10 Å². The van der Waals surface area contributed by atoms with Gasteiger partial charge in [-0.15, -0.1) is 0 Å². The SMILES string of the molecule is CC(CNC1CCCCC1O)N(C)C. The van der Waals surface area contributed by atoms with Gasteiger partial charge in [-0.25, -0.2) is 0 Å². The Morgan fingerprint density at radius 2 is 2.00 bits per heavy atom. The first-order valence-electron chi connectivity index (χ1n) is 5.69. The van der Waals surface area contributed by atoms with Crippen LogP contribution in [-0.4, -0.2) is 48.8 Å². The number of aliphatic hydroxyl groups excluding tert-OH is 1. The molecule has 1 rings (SSSR count). The highest BCUT2D eigenvalue weighted by Crippen LogP contribution is 2.18. The predicted molar refractivity (Wildman–Crippen MR) is 59.4 cm³/mol. The highest BCUT2D eigenvalue weighted by molar-refractivity contribution is 4.81. The molecule has 1 saturated carbocycles. The summed E-state index contributed by atoms with van der Waals surface area (Å²) < 4.78 is 0. The molecule has 0 spiro atoms. The topological polar surface area (TPSA) is 35.5 Å². The number of nitrogens with zero attached hydrogens (tertiary/aromatic N) is 1. The molecule has 2 N–H and O–H groups in total. The van der Waals surface area contributed by atoms with Crippen molar-refractivity contribution in [3.8, 4) is 0 Å². The van der Waals surface area contributed by atoms with Gasteiger partial charge < -0.3 is 15.3 Å². The molecule has 1 aliphatic carbocycles. The highest BCUT2D eigenvalue weighted by atomic mass is 16.3. The first-order chi connectivity index (χ1) is 6.61. The van der Waals surface area contributed by atoms with E-state index in [4.69, 9.17) is 0 Å². The maximum Gasteiger partial charge on any atom is 0.0693 e. The van der Waals surface area contributed by atoms with Crippen molar-refractivity contribution >= 4 is 0 Å². The van der Waals surface area contributed by atoms with Crippen molar-refractivity contribution in [1.82, 2.24) is 10.2 Å². The lowest BCUT2D eigenvalue weighted by Crippen LogP contribution is -2.46. The number of aliphatic hydroxyl groups is 1. The van der Waals surface area contributed by atoms with Gasteiger partial charge in [0.15, 0.2) is 0 Å². The molecule has 0 aromatic rings. The van der Waals surface area contributed by atoms with Crippen LogP contribution < -0.4 is 5.32 Å². The number of likely N-dealkylation sites (N-methyl/N-ethyl adjacent to an activating group) is 1. The Kier molecular flexibility index (Phi) is 4.85. The van der Waals surface area contributed by atoms with Gasteiger partial charge >= 0.3 is 0 Å². The van der Waals surface area contributed by atoms with Gasteiger partial charge in [0, 0.05) is 18.6 Å². The van der Waals surface area contributed by atoms with Crippen LogP contribution in [0.1, 0.15) is 32.6 Å². The van der Waals surface area contributed by atoms with E-state index in [2.05, 4.69) is 31.2 Å². The monoisotopic (exact) mass is 200 g/mol. The van der Waals surface area contributed by atoms with Crippen molar-refractivity contribution in [2.45, 2.75) is 50.8 Å². The van der Waals surface area contributed by atoms with Crippen LogP contribution in [0.15, 0.2) is 0 Å². The molecule has 3 unspecified atom stereocenters. The van der Waals surface area contributed by atoms with E-state index in [1.54, 1.807) is 0 Å². The second kappa shape index (κ2) is 5.69. The zero-order chi connectivity index (χ0) is 10.6. The Hall–Kier alpha value is -0.120. The summed E-state index contributed by atoms with van der Waals surface area (Å²) >= 11 is 0. The van der Waals surface area contributed by atoms with Crippen LogP contribution in [0.25, 0.3) is 0 Å². The summed E-state index contributed by atoms with van der Waals surface area (Å²) in [5.41, 5.74) is 0. The van der Waals surface area contributed by atoms with Gasteiger partial charge in [0.2, 0.25) is 0 Å². The smallest absolute Gasteiger partial charge is 0.0693 e. The molecule has 0 radical (unpaired) electrons. The normalized spacial score (nSPS) is 30.6. The molecule has 0 aliphatic heterocycles. The van der Waals surface area contributed by atoms with Crippen LogP contribution in [0.3, 0.4) is 0 Å². The van der Waals surface area contributed by atoms with E-state index >= 15 is 0 Å². The molecule has 0 heterocycles. The highest BCUT2D eigenvalue weighted by Gasteiger charge is 2.22. The number of hydrogen-bond donors (Lipinski definition) is 2. The molecule has 3 nitrogen and oxygen atoms in total. The molecule has 14 heavy (non-hydrogen) atoms. The minimum atomic E-state index is -0.127. The molecule has 84 valence electrons. The van der Waals surface area contributed by atoms with Crippen molar-refractivity contribution in [1.29, 1.82) is 0 Å². The summed E-state index contributed by atoms with van der Waals surface area (Å²) in [6, 6.07) is 0.857. The quantitative estimate of drug-likeness (QED) is 0.705. The molecule has 0 amide bonds. The summed E-state index contributed by atoms with van der Waals surface area (Å²) in [7, 11) is 4.17. The molecule has 1 aliphatic rings. The van der Waals surface area contributed by atoms with Gasteiger partial charge in [-0.1, -0.05) is 12.8 Å². The lowest BCUT2D eigenvalue weighted by molar-refractivity contribution is 0.0877. The maximum atomic E-state index is 9.74. The molecule has 3 atom stereocenters. The van der Waals surface area contributed by atoms with Gasteiger partial charge in [0.1, 0.15) is 0 Å². The van der Waals surface area contributed by atoms with E-state index in [0.717, 1.165) is 19.4 Å². The van der Waals surface area contributed by atoms with Gasteiger partial charge in [-0.2, -0.15) is 0 Å². The van der Waals surface area contributed by atoms with Crippen LogP contribution in [-0.2, 0) is 0 Å². The van der Waals surface area contributed by atoms with Crippen molar-refractivity contribution in [3.05, 3.63) is 0 Å². The van der Waals surface area contributed by atoms with Crippen molar-refractivity contribution in [3.63, 3.8) is 0 Å². The van der Waals surface area contributed by atoms with Crippen LogP contribution in [0.4, 0.5) is 0 Å². The van der Waals surface area contributed by atoms with Crippen LogP contribution >= 0.6 is 0 Å². The summed E-state index contributed by atoms with van der Waals surface area (Å²) in [5, 5.41) is 13.2. The molecule has 0 aromatic heterocycles. The first kappa shape index (κ1) is 12.0. The first-order valence-corrected chi connectivity index (χ1v) is 5.69. The summed E-state index contributed by atoms with van der Waals surface area (Å²) in [5.74, 6) is 0. The largest absolute Gasteiger partial charge is 0.392 e. The van der Waals surface area contributed by atoms with Crippen molar-refractivity contribution < 1.29 is 5.11 Å². The van der Waals surface area contributed by atoms with Gasteiger partial charge in [-0.05, 0) is 33.9 Å². The minimum absolute atomic E-state index is 0.127. The van der Waals surface area contributed by atoms with Crippen molar-refractivity contribution in [2.75, 3.05) is 20.6 Å². The van der Waals surface area contributed by atoms with Crippen molar-refractivity contribution in [2.24, 2.45) is 0 Å². The lowest BCUT2D eigenvalue weighted by atomic mass is 9.92.